The number of hydrogen-bond acceptors (Lipinski definition) is 4. The van der Waals surface area contributed by atoms with Gasteiger partial charge in [-0.1, -0.05) is 62.4 Å². The Morgan fingerprint density at radius 3 is 2.20 bits per heavy atom. The van der Waals surface area contributed by atoms with Gasteiger partial charge in [-0.25, -0.2) is 0 Å². The molecule has 2 amide bonds. The zero-order valence-corrected chi connectivity index (χ0v) is 20.4. The minimum atomic E-state index is -0.342. The summed E-state index contributed by atoms with van der Waals surface area (Å²) in [6.07, 6.45) is 1.65. The van der Waals surface area contributed by atoms with Gasteiger partial charge in [0.05, 0.1) is 0 Å². The van der Waals surface area contributed by atoms with Crippen molar-refractivity contribution in [2.45, 2.75) is 20.8 Å². The number of hydrogen-bond donors (Lipinski definition) is 2. The highest BCUT2D eigenvalue weighted by Crippen LogP contribution is 2.17. The molecule has 3 rings (SSSR count). The topological polar surface area (TPSA) is 76.7 Å². The number of benzene rings is 3. The lowest BCUT2D eigenvalue weighted by Gasteiger charge is -2.13. The Labute approximate surface area is 207 Å². The van der Waals surface area contributed by atoms with Crippen molar-refractivity contribution in [3.8, 4) is 11.5 Å². The van der Waals surface area contributed by atoms with Gasteiger partial charge >= 0.3 is 0 Å². The average Bonchev–Trinajstić information content (AvgIpc) is 2.87. The normalized spacial score (nSPS) is 11.1. The summed E-state index contributed by atoms with van der Waals surface area (Å²) in [6, 6.07) is 24.0. The number of aryl methyl sites for hydroxylation is 1. The highest BCUT2D eigenvalue weighted by atomic mass is 16.5. The molecule has 0 unspecified atom stereocenters. The van der Waals surface area contributed by atoms with Crippen molar-refractivity contribution in [1.82, 2.24) is 10.6 Å². The second-order valence-corrected chi connectivity index (χ2v) is 8.51. The Kier molecular flexibility index (Phi) is 9.49. The van der Waals surface area contributed by atoms with Crippen molar-refractivity contribution in [2.75, 3.05) is 19.8 Å². The van der Waals surface area contributed by atoms with Crippen molar-refractivity contribution in [3.05, 3.63) is 101 Å². The van der Waals surface area contributed by atoms with E-state index in [0.29, 0.717) is 31.1 Å². The van der Waals surface area contributed by atoms with E-state index < -0.39 is 0 Å². The maximum atomic E-state index is 12.8. The molecule has 182 valence electrons. The van der Waals surface area contributed by atoms with Crippen molar-refractivity contribution in [2.24, 2.45) is 5.92 Å². The van der Waals surface area contributed by atoms with Crippen molar-refractivity contribution >= 4 is 17.9 Å². The predicted molar refractivity (Wildman–Crippen MR) is 138 cm³/mol. The van der Waals surface area contributed by atoms with Crippen LogP contribution in [0.2, 0.25) is 0 Å². The molecule has 0 aliphatic rings. The van der Waals surface area contributed by atoms with E-state index in [4.69, 9.17) is 9.47 Å². The Morgan fingerprint density at radius 1 is 0.857 bits per heavy atom. The third kappa shape index (κ3) is 8.34. The molecule has 0 saturated carbocycles. The van der Waals surface area contributed by atoms with Crippen LogP contribution in [-0.4, -0.2) is 31.6 Å². The van der Waals surface area contributed by atoms with Gasteiger partial charge in [-0.2, -0.15) is 0 Å². The summed E-state index contributed by atoms with van der Waals surface area (Å²) in [6.45, 7) is 7.36. The molecule has 6 heteroatoms. The van der Waals surface area contributed by atoms with Gasteiger partial charge in [-0.05, 0) is 60.4 Å². The molecule has 0 aromatic heterocycles. The maximum absolute atomic E-state index is 12.8. The molecule has 0 saturated heterocycles. The molecule has 0 atom stereocenters. The molecule has 0 radical (unpaired) electrons. The second kappa shape index (κ2) is 13.0. The van der Waals surface area contributed by atoms with E-state index in [1.54, 1.807) is 30.3 Å². The van der Waals surface area contributed by atoms with Gasteiger partial charge in [0.25, 0.3) is 11.8 Å². The molecular weight excluding hydrogens is 440 g/mol. The minimum absolute atomic E-state index is 0.180. The lowest BCUT2D eigenvalue weighted by atomic mass is 10.1. The van der Waals surface area contributed by atoms with Crippen LogP contribution in [0, 0.1) is 12.8 Å². The highest BCUT2D eigenvalue weighted by Gasteiger charge is 2.15. The van der Waals surface area contributed by atoms with Crippen LogP contribution < -0.4 is 20.1 Å². The quantitative estimate of drug-likeness (QED) is 0.304. The van der Waals surface area contributed by atoms with Gasteiger partial charge < -0.3 is 20.1 Å². The highest BCUT2D eigenvalue weighted by molar-refractivity contribution is 6.05. The number of rotatable bonds is 11. The largest absolute Gasteiger partial charge is 0.490 e. The molecule has 3 aromatic carbocycles. The van der Waals surface area contributed by atoms with Crippen LogP contribution >= 0.6 is 0 Å². The molecule has 0 heterocycles. The van der Waals surface area contributed by atoms with E-state index in [0.717, 1.165) is 16.9 Å². The van der Waals surface area contributed by atoms with Crippen LogP contribution in [0.3, 0.4) is 0 Å². The predicted octanol–water partition coefficient (Wildman–Crippen LogP) is 5.00. The van der Waals surface area contributed by atoms with E-state index in [1.807, 2.05) is 75.4 Å². The number of ether oxygens (including phenoxy) is 2. The summed E-state index contributed by atoms with van der Waals surface area (Å²) >= 11 is 0. The third-order valence-electron chi connectivity index (χ3n) is 5.09. The summed E-state index contributed by atoms with van der Waals surface area (Å²) in [7, 11) is 0. The van der Waals surface area contributed by atoms with Crippen molar-refractivity contribution in [3.63, 3.8) is 0 Å². The Balaban J connectivity index is 1.63. The molecule has 0 aliphatic heterocycles. The van der Waals surface area contributed by atoms with E-state index in [9.17, 15) is 9.59 Å². The minimum Gasteiger partial charge on any atom is -0.490 e. The SMILES string of the molecule is Cc1ccccc1OCCOc1ccc(/C=C(/NC(=O)c2ccccc2)C(=O)NCC(C)C)cc1. The Morgan fingerprint density at radius 2 is 1.51 bits per heavy atom. The number of amides is 2. The first-order valence-electron chi connectivity index (χ1n) is 11.7. The molecule has 0 bridgehead atoms. The fraction of sp³-hybridized carbons (Fsp3) is 0.241. The summed E-state index contributed by atoms with van der Waals surface area (Å²) in [5.41, 5.74) is 2.50. The van der Waals surface area contributed by atoms with Gasteiger partial charge in [0, 0.05) is 12.1 Å². The van der Waals surface area contributed by atoms with E-state index >= 15 is 0 Å². The smallest absolute Gasteiger partial charge is 0.267 e. The first-order valence-corrected chi connectivity index (χ1v) is 11.7. The van der Waals surface area contributed by atoms with E-state index in [1.165, 1.54) is 0 Å². The third-order valence-corrected chi connectivity index (χ3v) is 5.09. The van der Waals surface area contributed by atoms with E-state index in [-0.39, 0.29) is 23.4 Å². The van der Waals surface area contributed by atoms with Gasteiger partial charge in [0.1, 0.15) is 30.4 Å². The van der Waals surface area contributed by atoms with Crippen LogP contribution in [-0.2, 0) is 4.79 Å². The summed E-state index contributed by atoms with van der Waals surface area (Å²) < 4.78 is 11.5. The molecule has 3 aromatic rings. The summed E-state index contributed by atoms with van der Waals surface area (Å²) in [4.78, 5) is 25.4. The second-order valence-electron chi connectivity index (χ2n) is 8.51. The average molecular weight is 473 g/mol. The molecule has 6 nitrogen and oxygen atoms in total. The van der Waals surface area contributed by atoms with Crippen LogP contribution in [0.15, 0.2) is 84.6 Å². The van der Waals surface area contributed by atoms with E-state index in [2.05, 4.69) is 10.6 Å². The fourth-order valence-corrected chi connectivity index (χ4v) is 3.19. The zero-order chi connectivity index (χ0) is 25.0. The Bertz CT molecular complexity index is 1140. The molecular formula is C29H32N2O4. The first-order chi connectivity index (χ1) is 16.9. The number of carbonyl (C=O) groups excluding carboxylic acids is 2. The van der Waals surface area contributed by atoms with Gasteiger partial charge in [0.2, 0.25) is 0 Å². The fourth-order valence-electron chi connectivity index (χ4n) is 3.19. The van der Waals surface area contributed by atoms with Crippen LogP contribution in [0.5, 0.6) is 11.5 Å². The van der Waals surface area contributed by atoms with Crippen molar-refractivity contribution in [1.29, 1.82) is 0 Å². The monoisotopic (exact) mass is 472 g/mol. The molecule has 35 heavy (non-hydrogen) atoms. The van der Waals surface area contributed by atoms with Crippen LogP contribution in [0.1, 0.15) is 35.3 Å². The van der Waals surface area contributed by atoms with Gasteiger partial charge in [-0.3, -0.25) is 9.59 Å². The maximum Gasteiger partial charge on any atom is 0.267 e. The van der Waals surface area contributed by atoms with Crippen molar-refractivity contribution < 1.29 is 19.1 Å². The zero-order valence-electron chi connectivity index (χ0n) is 20.4. The van der Waals surface area contributed by atoms with Gasteiger partial charge in [0.15, 0.2) is 0 Å². The lowest BCUT2D eigenvalue weighted by Crippen LogP contribution is -2.36. The molecule has 0 fully saturated rings. The van der Waals surface area contributed by atoms with Gasteiger partial charge in [-0.15, -0.1) is 0 Å². The molecule has 0 spiro atoms. The number of nitrogens with one attached hydrogen (secondary N) is 2. The standard InChI is InChI=1S/C29H32N2O4/c1-21(2)20-30-29(33)26(31-28(32)24-10-5-4-6-11-24)19-23-13-15-25(16-14-23)34-17-18-35-27-12-8-7-9-22(27)3/h4-16,19,21H,17-18,20H2,1-3H3,(H,30,33)(H,31,32)/b26-19+. The molecule has 2 N–H and O–H groups in total. The lowest BCUT2D eigenvalue weighted by molar-refractivity contribution is -0.117. The number of carbonyl (C=O) groups is 2. The number of para-hydroxylation sites is 1. The first kappa shape index (κ1) is 25.6. The summed E-state index contributed by atoms with van der Waals surface area (Å²) in [5, 5.41) is 5.61. The molecule has 0 aliphatic carbocycles. The van der Waals surface area contributed by atoms with Crippen LogP contribution in [0.4, 0.5) is 0 Å². The Hall–Kier alpha value is -4.06. The van der Waals surface area contributed by atoms with Crippen LogP contribution in [0.25, 0.3) is 6.08 Å². The summed E-state index contributed by atoms with van der Waals surface area (Å²) in [5.74, 6) is 1.14.